The van der Waals surface area contributed by atoms with E-state index in [0.717, 1.165) is 23.7 Å². The van der Waals surface area contributed by atoms with E-state index in [9.17, 15) is 0 Å². The van der Waals surface area contributed by atoms with E-state index < -0.39 is 0 Å². The van der Waals surface area contributed by atoms with Gasteiger partial charge in [0.2, 0.25) is 0 Å². The van der Waals surface area contributed by atoms with E-state index >= 15 is 0 Å². The molecule has 0 aliphatic carbocycles. The van der Waals surface area contributed by atoms with Gasteiger partial charge < -0.3 is 10.1 Å². The summed E-state index contributed by atoms with van der Waals surface area (Å²) in [5.74, 6) is 0.840. The largest absolute Gasteiger partial charge is 0.492 e. The average Bonchev–Trinajstić information content (AvgIpc) is 2.48. The Labute approximate surface area is 124 Å². The van der Waals surface area contributed by atoms with Crippen molar-refractivity contribution in [3.8, 4) is 5.75 Å². The van der Waals surface area contributed by atoms with E-state index in [4.69, 9.17) is 16.3 Å². The molecule has 0 saturated heterocycles. The SMILES string of the molecule is CCNC(COc1ccc(Cl)cc1)Cc1ccncc1. The predicted molar refractivity (Wildman–Crippen MR) is 82.4 cm³/mol. The number of hydrogen-bond donors (Lipinski definition) is 1. The maximum Gasteiger partial charge on any atom is 0.119 e. The number of nitrogens with one attached hydrogen (secondary N) is 1. The normalized spacial score (nSPS) is 12.1. The topological polar surface area (TPSA) is 34.1 Å². The van der Waals surface area contributed by atoms with Gasteiger partial charge in [0, 0.05) is 23.5 Å². The molecule has 1 atom stereocenters. The van der Waals surface area contributed by atoms with Crippen LogP contribution in [0.5, 0.6) is 5.75 Å². The van der Waals surface area contributed by atoms with Crippen molar-refractivity contribution in [1.29, 1.82) is 0 Å². The van der Waals surface area contributed by atoms with Crippen molar-refractivity contribution in [2.24, 2.45) is 0 Å². The van der Waals surface area contributed by atoms with Gasteiger partial charge in [0.25, 0.3) is 0 Å². The molecule has 1 aromatic carbocycles. The van der Waals surface area contributed by atoms with E-state index in [1.54, 1.807) is 0 Å². The molecular weight excluding hydrogens is 272 g/mol. The standard InChI is InChI=1S/C16H19ClN2O/c1-2-19-15(11-13-7-9-18-10-8-13)12-20-16-5-3-14(17)4-6-16/h3-10,15,19H,2,11-12H2,1H3. The molecule has 1 unspecified atom stereocenters. The fourth-order valence-electron chi connectivity index (χ4n) is 2.01. The third-order valence-corrected chi connectivity index (χ3v) is 3.24. The smallest absolute Gasteiger partial charge is 0.119 e. The number of pyridine rings is 1. The molecule has 4 heteroatoms. The molecule has 0 aliphatic heterocycles. The van der Waals surface area contributed by atoms with Crippen LogP contribution in [-0.2, 0) is 6.42 Å². The minimum Gasteiger partial charge on any atom is -0.492 e. The summed E-state index contributed by atoms with van der Waals surface area (Å²) < 4.78 is 5.81. The Morgan fingerprint density at radius 3 is 2.50 bits per heavy atom. The number of rotatable bonds is 7. The third-order valence-electron chi connectivity index (χ3n) is 2.99. The molecule has 3 nitrogen and oxygen atoms in total. The average molecular weight is 291 g/mol. The van der Waals surface area contributed by atoms with Crippen molar-refractivity contribution in [2.75, 3.05) is 13.2 Å². The molecule has 0 spiro atoms. The predicted octanol–water partition coefficient (Wildman–Crippen LogP) is 3.33. The van der Waals surface area contributed by atoms with Crippen LogP contribution >= 0.6 is 11.6 Å². The van der Waals surface area contributed by atoms with Crippen molar-refractivity contribution in [3.63, 3.8) is 0 Å². The zero-order valence-corrected chi connectivity index (χ0v) is 12.3. The number of nitrogens with zero attached hydrogens (tertiary/aromatic N) is 1. The number of benzene rings is 1. The van der Waals surface area contributed by atoms with Crippen LogP contribution in [0.25, 0.3) is 0 Å². The van der Waals surface area contributed by atoms with Gasteiger partial charge in [-0.25, -0.2) is 0 Å². The molecule has 0 radical (unpaired) electrons. The fraction of sp³-hybridized carbons (Fsp3) is 0.312. The Balaban J connectivity index is 1.90. The molecule has 0 amide bonds. The van der Waals surface area contributed by atoms with E-state index in [-0.39, 0.29) is 6.04 Å². The molecule has 1 aromatic heterocycles. The van der Waals surface area contributed by atoms with Crippen LogP contribution in [0.15, 0.2) is 48.8 Å². The number of halogens is 1. The lowest BCUT2D eigenvalue weighted by atomic mass is 10.1. The molecule has 0 bridgehead atoms. The van der Waals surface area contributed by atoms with E-state index in [1.807, 2.05) is 48.8 Å². The number of hydrogen-bond acceptors (Lipinski definition) is 3. The lowest BCUT2D eigenvalue weighted by Crippen LogP contribution is -2.36. The van der Waals surface area contributed by atoms with Gasteiger partial charge in [-0.15, -0.1) is 0 Å². The van der Waals surface area contributed by atoms with Gasteiger partial charge in [0.15, 0.2) is 0 Å². The highest BCUT2D eigenvalue weighted by Gasteiger charge is 2.09. The molecule has 0 saturated carbocycles. The summed E-state index contributed by atoms with van der Waals surface area (Å²) in [4.78, 5) is 4.04. The molecule has 2 aromatic rings. The Hall–Kier alpha value is -1.58. The van der Waals surface area contributed by atoms with Crippen LogP contribution in [-0.4, -0.2) is 24.2 Å². The van der Waals surface area contributed by atoms with E-state index in [1.165, 1.54) is 5.56 Å². The molecule has 0 fully saturated rings. The van der Waals surface area contributed by atoms with Crippen molar-refractivity contribution in [2.45, 2.75) is 19.4 Å². The first-order valence-electron chi connectivity index (χ1n) is 6.78. The van der Waals surface area contributed by atoms with Gasteiger partial charge in [-0.2, -0.15) is 0 Å². The Morgan fingerprint density at radius 2 is 1.85 bits per heavy atom. The van der Waals surface area contributed by atoms with Crippen molar-refractivity contribution < 1.29 is 4.74 Å². The minimum absolute atomic E-state index is 0.276. The lowest BCUT2D eigenvalue weighted by molar-refractivity contribution is 0.265. The second kappa shape index (κ2) is 7.88. The Bertz CT molecular complexity index is 502. The highest BCUT2D eigenvalue weighted by atomic mass is 35.5. The van der Waals surface area contributed by atoms with E-state index in [0.29, 0.717) is 6.61 Å². The molecular formula is C16H19ClN2O. The molecule has 0 aliphatic rings. The van der Waals surface area contributed by atoms with E-state index in [2.05, 4.69) is 17.2 Å². The highest BCUT2D eigenvalue weighted by Crippen LogP contribution is 2.16. The highest BCUT2D eigenvalue weighted by molar-refractivity contribution is 6.30. The molecule has 1 heterocycles. The second-order valence-electron chi connectivity index (χ2n) is 4.58. The van der Waals surface area contributed by atoms with Crippen LogP contribution in [0.2, 0.25) is 5.02 Å². The lowest BCUT2D eigenvalue weighted by Gasteiger charge is -2.18. The number of aromatic nitrogens is 1. The molecule has 106 valence electrons. The summed E-state index contributed by atoms with van der Waals surface area (Å²) in [5, 5.41) is 4.16. The van der Waals surface area contributed by atoms with Crippen molar-refractivity contribution in [3.05, 3.63) is 59.4 Å². The summed E-state index contributed by atoms with van der Waals surface area (Å²) in [6.07, 6.45) is 4.56. The van der Waals surface area contributed by atoms with Crippen LogP contribution in [0.4, 0.5) is 0 Å². The summed E-state index contributed by atoms with van der Waals surface area (Å²) in [6.45, 7) is 3.64. The van der Waals surface area contributed by atoms with Crippen molar-refractivity contribution >= 4 is 11.6 Å². The minimum atomic E-state index is 0.276. The maximum atomic E-state index is 5.86. The van der Waals surface area contributed by atoms with Gasteiger partial charge in [-0.05, 0) is 54.9 Å². The van der Waals surface area contributed by atoms with Gasteiger partial charge in [-0.3, -0.25) is 4.98 Å². The van der Waals surface area contributed by atoms with Crippen LogP contribution in [0.1, 0.15) is 12.5 Å². The molecule has 20 heavy (non-hydrogen) atoms. The van der Waals surface area contributed by atoms with Gasteiger partial charge >= 0.3 is 0 Å². The zero-order chi connectivity index (χ0) is 14.2. The first kappa shape index (κ1) is 14.8. The first-order valence-corrected chi connectivity index (χ1v) is 7.16. The van der Waals surface area contributed by atoms with Crippen LogP contribution < -0.4 is 10.1 Å². The van der Waals surface area contributed by atoms with Gasteiger partial charge in [-0.1, -0.05) is 18.5 Å². The molecule has 2 rings (SSSR count). The summed E-state index contributed by atoms with van der Waals surface area (Å²) in [6, 6.07) is 11.8. The van der Waals surface area contributed by atoms with Crippen LogP contribution in [0.3, 0.4) is 0 Å². The number of likely N-dealkylation sites (N-methyl/N-ethyl adjacent to an activating group) is 1. The van der Waals surface area contributed by atoms with Gasteiger partial charge in [0.05, 0.1) is 0 Å². The maximum absolute atomic E-state index is 5.86. The Morgan fingerprint density at radius 1 is 1.15 bits per heavy atom. The Kier molecular flexibility index (Phi) is 5.84. The second-order valence-corrected chi connectivity index (χ2v) is 5.02. The first-order chi connectivity index (χ1) is 9.78. The van der Waals surface area contributed by atoms with Crippen molar-refractivity contribution in [1.82, 2.24) is 10.3 Å². The molecule has 1 N–H and O–H groups in total. The quantitative estimate of drug-likeness (QED) is 0.849. The summed E-state index contributed by atoms with van der Waals surface area (Å²) >= 11 is 5.86. The fourth-order valence-corrected chi connectivity index (χ4v) is 2.14. The summed E-state index contributed by atoms with van der Waals surface area (Å²) in [5.41, 5.74) is 1.26. The van der Waals surface area contributed by atoms with Crippen LogP contribution in [0, 0.1) is 0 Å². The van der Waals surface area contributed by atoms with Gasteiger partial charge in [0.1, 0.15) is 12.4 Å². The third kappa shape index (κ3) is 4.83. The summed E-state index contributed by atoms with van der Waals surface area (Å²) in [7, 11) is 0. The monoisotopic (exact) mass is 290 g/mol. The zero-order valence-electron chi connectivity index (χ0n) is 11.6. The number of ether oxygens (including phenoxy) is 1.